The fourth-order valence-electron chi connectivity index (χ4n) is 1.11. The standard InChI is InChI=1S/C8H14N2OS/c1-6-3-4-12-8(6)7(10-9)5-11-2/h3-4,7,10H,5,9H2,1-2H3. The highest BCUT2D eigenvalue weighted by atomic mass is 32.1. The van der Waals surface area contributed by atoms with E-state index >= 15 is 0 Å². The van der Waals surface area contributed by atoms with Crippen molar-refractivity contribution in [2.45, 2.75) is 13.0 Å². The van der Waals surface area contributed by atoms with E-state index in [9.17, 15) is 0 Å². The molecule has 1 aromatic rings. The third-order valence-electron chi connectivity index (χ3n) is 1.75. The zero-order valence-corrected chi connectivity index (χ0v) is 8.15. The number of methoxy groups -OCH3 is 1. The minimum absolute atomic E-state index is 0.120. The fraction of sp³-hybridized carbons (Fsp3) is 0.500. The fourth-order valence-corrected chi connectivity index (χ4v) is 2.08. The van der Waals surface area contributed by atoms with Crippen LogP contribution in [-0.4, -0.2) is 13.7 Å². The molecule has 0 aliphatic rings. The lowest BCUT2D eigenvalue weighted by Crippen LogP contribution is -2.30. The highest BCUT2D eigenvalue weighted by molar-refractivity contribution is 7.10. The van der Waals surface area contributed by atoms with E-state index in [1.165, 1.54) is 10.4 Å². The average molecular weight is 186 g/mol. The molecule has 1 unspecified atom stereocenters. The Morgan fingerprint density at radius 1 is 1.75 bits per heavy atom. The topological polar surface area (TPSA) is 47.3 Å². The Labute approximate surface area is 76.5 Å². The molecule has 0 aliphatic heterocycles. The Hall–Kier alpha value is -0.420. The molecule has 1 aromatic heterocycles. The molecule has 1 atom stereocenters. The summed E-state index contributed by atoms with van der Waals surface area (Å²) < 4.78 is 5.04. The van der Waals surface area contributed by atoms with Gasteiger partial charge in [-0.25, -0.2) is 5.43 Å². The number of hydrazine groups is 1. The third-order valence-corrected chi connectivity index (χ3v) is 2.89. The second-order valence-corrected chi connectivity index (χ2v) is 3.59. The van der Waals surface area contributed by atoms with Crippen molar-refractivity contribution >= 4 is 11.3 Å². The van der Waals surface area contributed by atoms with Gasteiger partial charge in [0, 0.05) is 12.0 Å². The van der Waals surface area contributed by atoms with Crippen LogP contribution in [0.5, 0.6) is 0 Å². The van der Waals surface area contributed by atoms with Crippen molar-refractivity contribution in [1.29, 1.82) is 0 Å². The van der Waals surface area contributed by atoms with Gasteiger partial charge in [0.05, 0.1) is 12.6 Å². The normalized spacial score (nSPS) is 13.2. The monoisotopic (exact) mass is 186 g/mol. The van der Waals surface area contributed by atoms with Gasteiger partial charge in [0.15, 0.2) is 0 Å². The van der Waals surface area contributed by atoms with Gasteiger partial charge in [-0.3, -0.25) is 5.84 Å². The van der Waals surface area contributed by atoms with E-state index in [-0.39, 0.29) is 6.04 Å². The van der Waals surface area contributed by atoms with Gasteiger partial charge in [-0.15, -0.1) is 11.3 Å². The van der Waals surface area contributed by atoms with Gasteiger partial charge in [0.2, 0.25) is 0 Å². The maximum atomic E-state index is 5.40. The number of hydrogen-bond donors (Lipinski definition) is 2. The van der Waals surface area contributed by atoms with Crippen molar-refractivity contribution in [2.24, 2.45) is 5.84 Å². The van der Waals surface area contributed by atoms with Crippen LogP contribution in [0.3, 0.4) is 0 Å². The number of thiophene rings is 1. The molecule has 0 saturated carbocycles. The molecule has 0 amide bonds. The first-order chi connectivity index (χ1) is 5.79. The molecule has 3 nitrogen and oxygen atoms in total. The quantitative estimate of drug-likeness (QED) is 0.549. The van der Waals surface area contributed by atoms with E-state index in [2.05, 4.69) is 23.8 Å². The maximum absolute atomic E-state index is 5.40. The average Bonchev–Trinajstić information content (AvgIpc) is 2.47. The second kappa shape index (κ2) is 4.57. The summed E-state index contributed by atoms with van der Waals surface area (Å²) in [5.41, 5.74) is 4.00. The molecule has 0 saturated heterocycles. The summed E-state index contributed by atoms with van der Waals surface area (Å²) in [6, 6.07) is 2.20. The van der Waals surface area contributed by atoms with E-state index < -0.39 is 0 Å². The van der Waals surface area contributed by atoms with Crippen molar-refractivity contribution in [3.63, 3.8) is 0 Å². The predicted molar refractivity (Wildman–Crippen MR) is 51.0 cm³/mol. The molecule has 0 aromatic carbocycles. The Morgan fingerprint density at radius 3 is 2.92 bits per heavy atom. The van der Waals surface area contributed by atoms with Gasteiger partial charge in [-0.2, -0.15) is 0 Å². The molecule has 4 heteroatoms. The SMILES string of the molecule is COCC(NN)c1sccc1C. The smallest absolute Gasteiger partial charge is 0.0789 e. The predicted octanol–water partition coefficient (Wildman–Crippen LogP) is 1.21. The first kappa shape index (κ1) is 9.67. The van der Waals surface area contributed by atoms with Crippen LogP contribution in [0.25, 0.3) is 0 Å². The molecule has 0 bridgehead atoms. The van der Waals surface area contributed by atoms with Crippen LogP contribution in [0.2, 0.25) is 0 Å². The minimum Gasteiger partial charge on any atom is -0.383 e. The van der Waals surface area contributed by atoms with Crippen LogP contribution >= 0.6 is 11.3 Å². The van der Waals surface area contributed by atoms with Crippen LogP contribution in [0.15, 0.2) is 11.4 Å². The molecule has 1 rings (SSSR count). The van der Waals surface area contributed by atoms with Gasteiger partial charge in [-0.1, -0.05) is 0 Å². The van der Waals surface area contributed by atoms with E-state index in [4.69, 9.17) is 10.6 Å². The summed E-state index contributed by atoms with van der Waals surface area (Å²) in [5, 5.41) is 2.06. The van der Waals surface area contributed by atoms with Crippen LogP contribution in [-0.2, 0) is 4.74 Å². The zero-order chi connectivity index (χ0) is 8.97. The van der Waals surface area contributed by atoms with Gasteiger partial charge in [0.1, 0.15) is 0 Å². The van der Waals surface area contributed by atoms with Crippen molar-refractivity contribution in [1.82, 2.24) is 5.43 Å². The summed E-state index contributed by atoms with van der Waals surface area (Å²) in [4.78, 5) is 1.25. The highest BCUT2D eigenvalue weighted by Crippen LogP contribution is 2.23. The Kier molecular flexibility index (Phi) is 3.68. The van der Waals surface area contributed by atoms with Gasteiger partial charge in [-0.05, 0) is 23.9 Å². The second-order valence-electron chi connectivity index (χ2n) is 2.64. The lowest BCUT2D eigenvalue weighted by atomic mass is 10.2. The maximum Gasteiger partial charge on any atom is 0.0789 e. The Morgan fingerprint density at radius 2 is 2.50 bits per heavy atom. The molecular weight excluding hydrogens is 172 g/mol. The van der Waals surface area contributed by atoms with Gasteiger partial charge in [0.25, 0.3) is 0 Å². The molecule has 0 spiro atoms. The van der Waals surface area contributed by atoms with Crippen LogP contribution in [0, 0.1) is 6.92 Å². The highest BCUT2D eigenvalue weighted by Gasteiger charge is 2.12. The Balaban J connectivity index is 2.72. The number of hydrogen-bond acceptors (Lipinski definition) is 4. The van der Waals surface area contributed by atoms with E-state index in [1.54, 1.807) is 18.4 Å². The van der Waals surface area contributed by atoms with E-state index in [0.29, 0.717) is 6.61 Å². The first-order valence-electron chi connectivity index (χ1n) is 3.78. The van der Waals surface area contributed by atoms with Gasteiger partial charge >= 0.3 is 0 Å². The van der Waals surface area contributed by atoms with Crippen LogP contribution in [0.4, 0.5) is 0 Å². The molecule has 68 valence electrons. The van der Waals surface area contributed by atoms with Crippen molar-refractivity contribution < 1.29 is 4.74 Å². The van der Waals surface area contributed by atoms with Crippen LogP contribution in [0.1, 0.15) is 16.5 Å². The largest absolute Gasteiger partial charge is 0.383 e. The summed E-state index contributed by atoms with van der Waals surface area (Å²) in [7, 11) is 1.67. The number of rotatable bonds is 4. The molecule has 0 aliphatic carbocycles. The number of ether oxygens (including phenoxy) is 1. The molecule has 12 heavy (non-hydrogen) atoms. The van der Waals surface area contributed by atoms with Crippen LogP contribution < -0.4 is 11.3 Å². The lowest BCUT2D eigenvalue weighted by Gasteiger charge is -2.13. The Bertz CT molecular complexity index is 237. The van der Waals surface area contributed by atoms with Crippen molar-refractivity contribution in [2.75, 3.05) is 13.7 Å². The summed E-state index contributed by atoms with van der Waals surface area (Å²) in [6.45, 7) is 2.68. The van der Waals surface area contributed by atoms with Crippen molar-refractivity contribution in [3.05, 3.63) is 21.9 Å². The minimum atomic E-state index is 0.120. The zero-order valence-electron chi connectivity index (χ0n) is 7.33. The number of nitrogens with one attached hydrogen (secondary N) is 1. The molecule has 0 fully saturated rings. The molecule has 0 radical (unpaired) electrons. The molecule has 3 N–H and O–H groups in total. The third kappa shape index (κ3) is 2.04. The van der Waals surface area contributed by atoms with Gasteiger partial charge < -0.3 is 4.74 Å². The number of aryl methyl sites for hydroxylation is 1. The molecular formula is C8H14N2OS. The molecule has 1 heterocycles. The van der Waals surface area contributed by atoms with E-state index in [1.807, 2.05) is 0 Å². The summed E-state index contributed by atoms with van der Waals surface area (Å²) in [5.74, 6) is 5.40. The first-order valence-corrected chi connectivity index (χ1v) is 4.66. The summed E-state index contributed by atoms with van der Waals surface area (Å²) in [6.07, 6.45) is 0. The lowest BCUT2D eigenvalue weighted by molar-refractivity contribution is 0.168. The number of nitrogens with two attached hydrogens (primary N) is 1. The summed E-state index contributed by atoms with van der Waals surface area (Å²) >= 11 is 1.70. The van der Waals surface area contributed by atoms with Crippen molar-refractivity contribution in [3.8, 4) is 0 Å². The van der Waals surface area contributed by atoms with E-state index in [0.717, 1.165) is 0 Å².